The highest BCUT2D eigenvalue weighted by molar-refractivity contribution is 6.30. The Morgan fingerprint density at radius 3 is 2.65 bits per heavy atom. The summed E-state index contributed by atoms with van der Waals surface area (Å²) in [6, 6.07) is 1.15. The number of alkyl halides is 3. The molecule has 0 aliphatic carbocycles. The topological polar surface area (TPSA) is 68.0 Å². The lowest BCUT2D eigenvalue weighted by Crippen LogP contribution is -2.39. The molecule has 0 aromatic carbocycles. The average molecular weight is 268 g/mol. The molecule has 1 rings (SSSR count). The van der Waals surface area contributed by atoms with Crippen LogP contribution in [0.1, 0.15) is 6.42 Å². The molecule has 1 aromatic rings. The Hall–Kier alpha value is -1.34. The van der Waals surface area contributed by atoms with Crippen molar-refractivity contribution in [1.29, 1.82) is 0 Å². The summed E-state index contributed by atoms with van der Waals surface area (Å²) in [5.74, 6) is -0.853. The van der Waals surface area contributed by atoms with Gasteiger partial charge in [-0.3, -0.25) is 4.79 Å². The summed E-state index contributed by atoms with van der Waals surface area (Å²) in [7, 11) is 0. The van der Waals surface area contributed by atoms with Crippen molar-refractivity contribution in [1.82, 2.24) is 4.98 Å². The summed E-state index contributed by atoms with van der Waals surface area (Å²) in [6.07, 6.45) is -4.61. The van der Waals surface area contributed by atoms with E-state index in [1.54, 1.807) is 0 Å². The van der Waals surface area contributed by atoms with E-state index in [2.05, 4.69) is 10.3 Å². The molecule has 0 aliphatic heterocycles. The number of carbonyl (C=O) groups is 1. The molecule has 1 heterocycles. The van der Waals surface area contributed by atoms with Crippen molar-refractivity contribution in [3.05, 3.63) is 23.4 Å². The molecule has 17 heavy (non-hydrogen) atoms. The fourth-order valence-electron chi connectivity index (χ4n) is 1.01. The molecule has 94 valence electrons. The summed E-state index contributed by atoms with van der Waals surface area (Å²) >= 11 is 5.55. The Bertz CT molecular complexity index is 393. The number of nitrogens with two attached hydrogens (primary N) is 1. The minimum Gasteiger partial charge on any atom is -0.320 e. The number of hydrogen-bond acceptors (Lipinski definition) is 3. The number of halogens is 4. The van der Waals surface area contributed by atoms with Crippen LogP contribution in [0.25, 0.3) is 0 Å². The van der Waals surface area contributed by atoms with Gasteiger partial charge < -0.3 is 11.1 Å². The van der Waals surface area contributed by atoms with Gasteiger partial charge in [0.1, 0.15) is 5.82 Å². The maximum atomic E-state index is 12.0. The van der Waals surface area contributed by atoms with Crippen LogP contribution in [0.5, 0.6) is 0 Å². The minimum atomic E-state index is -4.48. The summed E-state index contributed by atoms with van der Waals surface area (Å²) in [5.41, 5.74) is 5.10. The molecule has 0 saturated heterocycles. The number of hydrogen-bond donors (Lipinski definition) is 2. The van der Waals surface area contributed by atoms with Crippen LogP contribution < -0.4 is 11.1 Å². The van der Waals surface area contributed by atoms with Gasteiger partial charge in [0.25, 0.3) is 0 Å². The fourth-order valence-corrected chi connectivity index (χ4v) is 1.12. The number of nitrogens with one attached hydrogen (secondary N) is 1. The predicted molar refractivity (Wildman–Crippen MR) is 56.5 cm³/mol. The minimum absolute atomic E-state index is 0.0945. The molecule has 0 bridgehead atoms. The maximum Gasteiger partial charge on any atom is 0.391 e. The maximum absolute atomic E-state index is 12.0. The van der Waals surface area contributed by atoms with Gasteiger partial charge in [0, 0.05) is 6.20 Å². The third-order valence-electron chi connectivity index (χ3n) is 1.77. The van der Waals surface area contributed by atoms with Gasteiger partial charge in [-0.15, -0.1) is 0 Å². The summed E-state index contributed by atoms with van der Waals surface area (Å²) in [5, 5.41) is 2.51. The quantitative estimate of drug-likeness (QED) is 0.880. The second-order valence-corrected chi connectivity index (χ2v) is 3.71. The Labute approximate surface area is 100.0 Å². The van der Waals surface area contributed by atoms with Crippen molar-refractivity contribution in [3.8, 4) is 0 Å². The first-order valence-corrected chi connectivity index (χ1v) is 4.90. The van der Waals surface area contributed by atoms with Crippen LogP contribution in [0.2, 0.25) is 5.02 Å². The van der Waals surface area contributed by atoms with Crippen molar-refractivity contribution in [2.75, 3.05) is 5.32 Å². The Kier molecular flexibility index (Phi) is 4.30. The molecule has 3 N–H and O–H groups in total. The van der Waals surface area contributed by atoms with Crippen LogP contribution in [-0.2, 0) is 4.79 Å². The predicted octanol–water partition coefficient (Wildman–Crippen LogP) is 1.95. The lowest BCUT2D eigenvalue weighted by Gasteiger charge is -2.13. The van der Waals surface area contributed by atoms with Gasteiger partial charge in [-0.05, 0) is 12.1 Å². The van der Waals surface area contributed by atoms with Gasteiger partial charge >= 0.3 is 6.18 Å². The normalized spacial score (nSPS) is 13.2. The second kappa shape index (κ2) is 5.33. The highest BCUT2D eigenvalue weighted by Crippen LogP contribution is 2.21. The number of anilines is 1. The zero-order valence-electron chi connectivity index (χ0n) is 8.46. The molecule has 1 amide bonds. The van der Waals surface area contributed by atoms with Gasteiger partial charge in [-0.1, -0.05) is 11.6 Å². The number of aromatic nitrogens is 1. The first-order valence-electron chi connectivity index (χ1n) is 4.53. The number of pyridine rings is 1. The van der Waals surface area contributed by atoms with Crippen LogP contribution >= 0.6 is 11.6 Å². The number of rotatable bonds is 3. The third-order valence-corrected chi connectivity index (χ3v) is 1.99. The van der Waals surface area contributed by atoms with Crippen molar-refractivity contribution >= 4 is 23.3 Å². The van der Waals surface area contributed by atoms with Crippen LogP contribution in [0.3, 0.4) is 0 Å². The van der Waals surface area contributed by atoms with Gasteiger partial charge in [0.2, 0.25) is 5.91 Å². The lowest BCUT2D eigenvalue weighted by molar-refractivity contribution is -0.145. The first-order chi connectivity index (χ1) is 7.78. The first kappa shape index (κ1) is 13.7. The standard InChI is InChI=1S/C9H9ClF3N3O/c10-5-1-2-7(15-4-5)16-8(17)6(14)3-9(11,12)13/h1-2,4,6H,3,14H2,(H,15,16,17). The molecular weight excluding hydrogens is 259 g/mol. The Balaban J connectivity index is 2.57. The van der Waals surface area contributed by atoms with Gasteiger partial charge in [-0.25, -0.2) is 4.98 Å². The molecule has 0 aliphatic rings. The SMILES string of the molecule is NC(CC(F)(F)F)C(=O)Nc1ccc(Cl)cn1. The molecule has 1 unspecified atom stereocenters. The molecule has 0 fully saturated rings. The highest BCUT2D eigenvalue weighted by atomic mass is 35.5. The van der Waals surface area contributed by atoms with E-state index < -0.39 is 24.5 Å². The summed E-state index contributed by atoms with van der Waals surface area (Å²) in [6.45, 7) is 0. The van der Waals surface area contributed by atoms with E-state index in [-0.39, 0.29) is 5.82 Å². The van der Waals surface area contributed by atoms with Gasteiger partial charge in [-0.2, -0.15) is 13.2 Å². The van der Waals surface area contributed by atoms with Crippen LogP contribution in [0.15, 0.2) is 18.3 Å². The second-order valence-electron chi connectivity index (χ2n) is 3.28. The van der Waals surface area contributed by atoms with Gasteiger partial charge in [0.15, 0.2) is 0 Å². The molecule has 0 saturated carbocycles. The molecule has 1 atom stereocenters. The van der Waals surface area contributed by atoms with Crippen molar-refractivity contribution < 1.29 is 18.0 Å². The van der Waals surface area contributed by atoms with Crippen LogP contribution in [0, 0.1) is 0 Å². The molecule has 0 spiro atoms. The largest absolute Gasteiger partial charge is 0.391 e. The van der Waals surface area contributed by atoms with Gasteiger partial charge in [0.05, 0.1) is 17.5 Å². The molecular formula is C9H9ClF3N3O. The van der Waals surface area contributed by atoms with E-state index in [1.165, 1.54) is 18.3 Å². The molecule has 1 aromatic heterocycles. The van der Waals surface area contributed by atoms with Crippen molar-refractivity contribution in [3.63, 3.8) is 0 Å². The van der Waals surface area contributed by atoms with E-state index in [1.807, 2.05) is 0 Å². The average Bonchev–Trinajstić information content (AvgIpc) is 2.19. The van der Waals surface area contributed by atoms with E-state index in [0.29, 0.717) is 5.02 Å². The fraction of sp³-hybridized carbons (Fsp3) is 0.333. The summed E-state index contributed by atoms with van der Waals surface area (Å²) in [4.78, 5) is 15.0. The monoisotopic (exact) mass is 267 g/mol. The smallest absolute Gasteiger partial charge is 0.320 e. The Morgan fingerprint density at radius 1 is 1.53 bits per heavy atom. The van der Waals surface area contributed by atoms with Crippen molar-refractivity contribution in [2.45, 2.75) is 18.6 Å². The highest BCUT2D eigenvalue weighted by Gasteiger charge is 2.33. The van der Waals surface area contributed by atoms with E-state index >= 15 is 0 Å². The zero-order chi connectivity index (χ0) is 13.1. The zero-order valence-corrected chi connectivity index (χ0v) is 9.22. The number of carbonyl (C=O) groups excluding carboxylic acids is 1. The number of nitrogens with zero attached hydrogens (tertiary/aromatic N) is 1. The van der Waals surface area contributed by atoms with Crippen LogP contribution in [0.4, 0.5) is 19.0 Å². The third kappa shape index (κ3) is 5.01. The van der Waals surface area contributed by atoms with Crippen molar-refractivity contribution in [2.24, 2.45) is 5.73 Å². The van der Waals surface area contributed by atoms with E-state index in [4.69, 9.17) is 17.3 Å². The lowest BCUT2D eigenvalue weighted by atomic mass is 10.2. The molecule has 0 radical (unpaired) electrons. The van der Waals surface area contributed by atoms with Crippen LogP contribution in [-0.4, -0.2) is 23.1 Å². The van der Waals surface area contributed by atoms with E-state index in [9.17, 15) is 18.0 Å². The van der Waals surface area contributed by atoms with E-state index in [0.717, 1.165) is 0 Å². The Morgan fingerprint density at radius 2 is 2.18 bits per heavy atom. The summed E-state index contributed by atoms with van der Waals surface area (Å²) < 4.78 is 35.9. The number of amides is 1. The molecule has 4 nitrogen and oxygen atoms in total. The molecule has 8 heteroatoms.